The molecule has 0 spiro atoms. The maximum atomic E-state index is 13.7. The summed E-state index contributed by atoms with van der Waals surface area (Å²) in [5.74, 6) is -4.67. The molecule has 0 aliphatic rings. The second-order valence-corrected chi connectivity index (χ2v) is 13.2. The van der Waals surface area contributed by atoms with Crippen molar-refractivity contribution in [1.82, 2.24) is 38.7 Å². The number of carbonyl (C=O) groups excluding carboxylic acids is 1. The van der Waals surface area contributed by atoms with E-state index in [0.717, 1.165) is 45.7 Å². The highest BCUT2D eigenvalue weighted by atomic mass is 32.2. The Balaban J connectivity index is 0.000000217. The zero-order valence-corrected chi connectivity index (χ0v) is 26.9. The molecule has 4 heterocycles. The van der Waals surface area contributed by atoms with Crippen LogP contribution in [0, 0.1) is 24.4 Å². The highest BCUT2D eigenvalue weighted by Gasteiger charge is 2.30. The number of carbonyl (C=O) groups is 2. The number of carboxylic acids is 1. The van der Waals surface area contributed by atoms with Crippen molar-refractivity contribution in [2.75, 3.05) is 18.9 Å². The van der Waals surface area contributed by atoms with Gasteiger partial charge in [-0.3, -0.25) is 4.72 Å². The minimum absolute atomic E-state index is 0.179. The molecular weight excluding hydrogens is 716 g/mol. The van der Waals surface area contributed by atoms with E-state index in [1.165, 1.54) is 28.2 Å². The molecule has 0 fully saturated rings. The Morgan fingerprint density at radius 3 is 2.17 bits per heavy atom. The molecule has 0 bridgehead atoms. The Morgan fingerprint density at radius 2 is 1.60 bits per heavy atom. The smallest absolute Gasteiger partial charge is 0.360 e. The van der Waals surface area contributed by atoms with Gasteiger partial charge in [-0.05, 0) is 19.1 Å². The number of fused-ring (bicyclic) bond motifs is 1. The molecule has 5 rings (SSSR count). The second kappa shape index (κ2) is 13.3. The minimum atomic E-state index is -4.58. The summed E-state index contributed by atoms with van der Waals surface area (Å²) in [4.78, 5) is 41.7. The molecule has 5 aromatic rings. The fraction of sp³-hybridized carbons (Fsp3) is 0.174. The quantitative estimate of drug-likeness (QED) is 0.201. The van der Waals surface area contributed by atoms with Crippen LogP contribution in [-0.4, -0.2) is 82.1 Å². The molecule has 3 N–H and O–H groups in total. The van der Waals surface area contributed by atoms with Crippen molar-refractivity contribution in [1.29, 1.82) is 0 Å². The van der Waals surface area contributed by atoms with E-state index in [0.29, 0.717) is 4.52 Å². The summed E-state index contributed by atoms with van der Waals surface area (Å²) in [5, 5.41) is 16.4. The van der Waals surface area contributed by atoms with Crippen LogP contribution >= 0.6 is 11.3 Å². The van der Waals surface area contributed by atoms with Crippen molar-refractivity contribution >= 4 is 54.7 Å². The van der Waals surface area contributed by atoms with Gasteiger partial charge in [-0.1, -0.05) is 6.07 Å². The number of ether oxygens (including phenoxy) is 2. The average Bonchev–Trinajstić information content (AvgIpc) is 3.72. The monoisotopic (exact) mass is 735 g/mol. The fourth-order valence-electron chi connectivity index (χ4n) is 3.70. The number of aromatic nitrogens is 7. The zero-order valence-electron chi connectivity index (χ0n) is 24.5. The third-order valence-electron chi connectivity index (χ3n) is 5.85. The SMILES string of the molecule is COc1ncc(F)c2nc(S(=O)(=O)Nc3c(F)cccc3F)nn12.COc1nn(C(=O)NS(=O)(=O)c2c(C(=O)O)csc2C)c(=O)n1C. The van der Waals surface area contributed by atoms with Gasteiger partial charge in [-0.15, -0.1) is 26.2 Å². The number of thiophene rings is 1. The lowest BCUT2D eigenvalue weighted by Gasteiger charge is -2.06. The van der Waals surface area contributed by atoms with E-state index in [4.69, 9.17) is 14.6 Å². The van der Waals surface area contributed by atoms with E-state index in [9.17, 15) is 44.4 Å². The molecule has 25 heteroatoms. The van der Waals surface area contributed by atoms with E-state index >= 15 is 0 Å². The Bertz CT molecular complexity index is 2330. The van der Waals surface area contributed by atoms with Crippen LogP contribution < -0.4 is 24.6 Å². The molecule has 0 radical (unpaired) electrons. The van der Waals surface area contributed by atoms with E-state index < -0.39 is 82.1 Å². The molecule has 0 unspecified atom stereocenters. The number of carboxylic acid groups (broad SMARTS) is 1. The lowest BCUT2D eigenvalue weighted by molar-refractivity contribution is 0.0693. The molecule has 1 aromatic carbocycles. The molecule has 0 saturated heterocycles. The topological polar surface area (TPSA) is 248 Å². The number of sulfonamides is 2. The number of halogens is 3. The van der Waals surface area contributed by atoms with Crippen LogP contribution in [0.2, 0.25) is 0 Å². The Morgan fingerprint density at radius 1 is 0.979 bits per heavy atom. The van der Waals surface area contributed by atoms with Gasteiger partial charge in [0.2, 0.25) is 0 Å². The first-order chi connectivity index (χ1) is 22.4. The fourth-order valence-corrected chi connectivity index (χ4v) is 7.16. The van der Waals surface area contributed by atoms with Crippen molar-refractivity contribution in [3.63, 3.8) is 0 Å². The number of aromatic carboxylic acids is 1. The zero-order chi connectivity index (χ0) is 35.7. The number of rotatable bonds is 8. The van der Waals surface area contributed by atoms with Gasteiger partial charge in [0.25, 0.3) is 25.2 Å². The average molecular weight is 736 g/mol. The number of methoxy groups -OCH3 is 2. The summed E-state index contributed by atoms with van der Waals surface area (Å²) in [6.45, 7) is 1.39. The van der Waals surface area contributed by atoms with Crippen LogP contribution in [-0.2, 0) is 27.1 Å². The summed E-state index contributed by atoms with van der Waals surface area (Å²) < 4.78 is 105. The van der Waals surface area contributed by atoms with Crippen molar-refractivity contribution in [2.45, 2.75) is 17.0 Å². The van der Waals surface area contributed by atoms with Crippen LogP contribution in [0.3, 0.4) is 0 Å². The number of nitrogens with one attached hydrogen (secondary N) is 2. The molecule has 48 heavy (non-hydrogen) atoms. The van der Waals surface area contributed by atoms with Gasteiger partial charge >= 0.3 is 29.7 Å². The molecule has 1 amide bonds. The van der Waals surface area contributed by atoms with Crippen molar-refractivity contribution in [3.05, 3.63) is 68.2 Å². The van der Waals surface area contributed by atoms with E-state index in [1.807, 2.05) is 0 Å². The number of anilines is 1. The highest BCUT2D eigenvalue weighted by molar-refractivity contribution is 7.92. The summed E-state index contributed by atoms with van der Waals surface area (Å²) in [6.07, 6.45) is 0.767. The summed E-state index contributed by atoms with van der Waals surface area (Å²) >= 11 is 0.903. The van der Waals surface area contributed by atoms with Gasteiger partial charge < -0.3 is 14.6 Å². The van der Waals surface area contributed by atoms with Gasteiger partial charge in [-0.2, -0.15) is 17.9 Å². The van der Waals surface area contributed by atoms with Crippen molar-refractivity contribution in [2.24, 2.45) is 7.05 Å². The summed E-state index contributed by atoms with van der Waals surface area (Å²) in [6, 6.07) is 1.01. The van der Waals surface area contributed by atoms with Crippen molar-refractivity contribution in [3.8, 4) is 12.0 Å². The standard InChI is InChI=1S/C12H8F3N5O3S.C11H12N4O7S2/c1-23-12-16-5-8(15)10-17-11(18-20(10)12)24(21,22)19-9-6(13)3-2-4-7(9)14;1-5-7(6(4-23-5)8(16)17)24(20,21)13-9(18)15-11(19)14(2)10(12-15)22-3/h2-5,19H,1H3;4H,1-3H3,(H,13,18)(H,16,17). The molecule has 19 nitrogen and oxygen atoms in total. The Hall–Kier alpha value is -5.56. The van der Waals surface area contributed by atoms with Gasteiger partial charge in [0.1, 0.15) is 22.2 Å². The number of hydrogen-bond donors (Lipinski definition) is 3. The van der Waals surface area contributed by atoms with Crippen LogP contribution in [0.4, 0.5) is 23.7 Å². The van der Waals surface area contributed by atoms with Crippen LogP contribution in [0.5, 0.6) is 12.0 Å². The molecule has 256 valence electrons. The first kappa shape index (κ1) is 35.3. The Kier molecular flexibility index (Phi) is 9.76. The number of hydrogen-bond acceptors (Lipinski definition) is 14. The normalized spacial score (nSPS) is 11.5. The number of aryl methyl sites for hydroxylation is 1. The van der Waals surface area contributed by atoms with E-state index in [1.54, 1.807) is 9.44 Å². The van der Waals surface area contributed by atoms with Gasteiger partial charge in [0.05, 0.1) is 26.0 Å². The molecule has 0 saturated carbocycles. The highest BCUT2D eigenvalue weighted by Crippen LogP contribution is 2.27. The van der Waals surface area contributed by atoms with Gasteiger partial charge in [0, 0.05) is 17.3 Å². The maximum absolute atomic E-state index is 13.7. The van der Waals surface area contributed by atoms with Crippen molar-refractivity contribution < 1.29 is 54.2 Å². The largest absolute Gasteiger partial charge is 0.478 e. The third-order valence-corrected chi connectivity index (χ3v) is 9.52. The van der Waals surface area contributed by atoms with E-state index in [-0.39, 0.29) is 21.6 Å². The lowest BCUT2D eigenvalue weighted by atomic mass is 10.3. The minimum Gasteiger partial charge on any atom is -0.478 e. The predicted octanol–water partition coefficient (Wildman–Crippen LogP) is 0.956. The van der Waals surface area contributed by atoms with Gasteiger partial charge in [0.15, 0.2) is 11.5 Å². The third kappa shape index (κ3) is 6.76. The maximum Gasteiger partial charge on any atom is 0.360 e. The van der Waals surface area contributed by atoms with Crippen LogP contribution in [0.1, 0.15) is 15.2 Å². The first-order valence-electron chi connectivity index (χ1n) is 12.4. The molecule has 4 aromatic heterocycles. The predicted molar refractivity (Wildman–Crippen MR) is 156 cm³/mol. The number of para-hydroxylation sites is 1. The molecule has 0 atom stereocenters. The van der Waals surface area contributed by atoms with Crippen LogP contribution in [0.25, 0.3) is 5.65 Å². The summed E-state index contributed by atoms with van der Waals surface area (Å²) in [7, 11) is -5.40. The molecular formula is C23H20F3N9O10S3. The van der Waals surface area contributed by atoms with Gasteiger partial charge in [-0.25, -0.2) is 50.2 Å². The Labute approximate surface area is 270 Å². The molecule has 0 aliphatic heterocycles. The second-order valence-electron chi connectivity index (χ2n) is 8.92. The number of amides is 1. The summed E-state index contributed by atoms with van der Waals surface area (Å²) in [5.41, 5.74) is -2.78. The molecule has 0 aliphatic carbocycles. The van der Waals surface area contributed by atoms with E-state index in [2.05, 4.69) is 20.2 Å². The van der Waals surface area contributed by atoms with Crippen LogP contribution in [0.15, 0.2) is 44.6 Å². The first-order valence-corrected chi connectivity index (χ1v) is 16.3. The number of benzene rings is 1. The number of nitrogens with zero attached hydrogens (tertiary/aromatic N) is 7. The lowest BCUT2D eigenvalue weighted by Crippen LogP contribution is -2.40.